The molecule has 0 aliphatic rings. The van der Waals surface area contributed by atoms with Crippen LogP contribution in [0, 0.1) is 11.7 Å². The van der Waals surface area contributed by atoms with Gasteiger partial charge in [0.05, 0.1) is 5.92 Å². The lowest BCUT2D eigenvalue weighted by Crippen LogP contribution is -2.17. The molecule has 0 aliphatic carbocycles. The quantitative estimate of drug-likeness (QED) is 0.697. The second-order valence-electron chi connectivity index (χ2n) is 5.55. The van der Waals surface area contributed by atoms with E-state index in [1.807, 2.05) is 0 Å². The number of carbonyl (C=O) groups excluding carboxylic acids is 1. The number of hydrogen-bond donors (Lipinski definition) is 0. The standard InChI is InChI=1S/C17H21FN2O3/c1-3-4-8-15-19-16(23-20-15)11-22-17(21)12(2)9-13-6-5-7-14(18)10-13/h5-7,10,12H,3-4,8-9,11H2,1-2H3. The zero-order valence-electron chi connectivity index (χ0n) is 13.4. The molecule has 0 saturated carbocycles. The molecule has 124 valence electrons. The third-order valence-corrected chi connectivity index (χ3v) is 3.44. The molecule has 0 N–H and O–H groups in total. The number of unbranched alkanes of at least 4 members (excludes halogenated alkanes) is 1. The fourth-order valence-electron chi connectivity index (χ4n) is 2.16. The van der Waals surface area contributed by atoms with E-state index in [2.05, 4.69) is 17.1 Å². The van der Waals surface area contributed by atoms with Crippen molar-refractivity contribution in [3.8, 4) is 0 Å². The zero-order chi connectivity index (χ0) is 16.7. The van der Waals surface area contributed by atoms with Crippen molar-refractivity contribution in [2.24, 2.45) is 5.92 Å². The first kappa shape index (κ1) is 17.1. The highest BCUT2D eigenvalue weighted by atomic mass is 19.1. The van der Waals surface area contributed by atoms with Gasteiger partial charge in [-0.15, -0.1) is 0 Å². The molecular formula is C17H21FN2O3. The van der Waals surface area contributed by atoms with Crippen molar-refractivity contribution in [1.29, 1.82) is 0 Å². The van der Waals surface area contributed by atoms with E-state index in [9.17, 15) is 9.18 Å². The number of nitrogens with zero attached hydrogens (tertiary/aromatic N) is 2. The molecule has 0 fully saturated rings. The fraction of sp³-hybridized carbons (Fsp3) is 0.471. The molecule has 0 aliphatic heterocycles. The van der Waals surface area contributed by atoms with Crippen LogP contribution in [-0.4, -0.2) is 16.1 Å². The lowest BCUT2D eigenvalue weighted by atomic mass is 10.0. The summed E-state index contributed by atoms with van der Waals surface area (Å²) in [6, 6.07) is 6.20. The Morgan fingerprint density at radius 1 is 1.43 bits per heavy atom. The van der Waals surface area contributed by atoms with E-state index in [1.54, 1.807) is 19.1 Å². The maximum atomic E-state index is 13.1. The van der Waals surface area contributed by atoms with Gasteiger partial charge in [-0.3, -0.25) is 4.79 Å². The van der Waals surface area contributed by atoms with Crippen LogP contribution in [0.4, 0.5) is 4.39 Å². The van der Waals surface area contributed by atoms with E-state index in [0.717, 1.165) is 24.8 Å². The SMILES string of the molecule is CCCCc1noc(COC(=O)C(C)Cc2cccc(F)c2)n1. The molecule has 0 radical (unpaired) electrons. The number of esters is 1. The number of ether oxygens (including phenoxy) is 1. The molecular weight excluding hydrogens is 299 g/mol. The van der Waals surface area contributed by atoms with Crippen LogP contribution in [0.3, 0.4) is 0 Å². The third-order valence-electron chi connectivity index (χ3n) is 3.44. The summed E-state index contributed by atoms with van der Waals surface area (Å²) in [6.07, 6.45) is 3.21. The summed E-state index contributed by atoms with van der Waals surface area (Å²) in [6.45, 7) is 3.79. The number of benzene rings is 1. The molecule has 1 atom stereocenters. The van der Waals surface area contributed by atoms with Gasteiger partial charge in [-0.05, 0) is 30.5 Å². The Balaban J connectivity index is 1.80. The Hall–Kier alpha value is -2.24. The van der Waals surface area contributed by atoms with Gasteiger partial charge in [0, 0.05) is 6.42 Å². The van der Waals surface area contributed by atoms with Crippen molar-refractivity contribution in [2.75, 3.05) is 0 Å². The molecule has 0 saturated heterocycles. The summed E-state index contributed by atoms with van der Waals surface area (Å²) >= 11 is 0. The highest BCUT2D eigenvalue weighted by Gasteiger charge is 2.17. The van der Waals surface area contributed by atoms with Gasteiger partial charge in [0.15, 0.2) is 12.4 Å². The molecule has 1 aromatic carbocycles. The summed E-state index contributed by atoms with van der Waals surface area (Å²) in [5, 5.41) is 3.83. The topological polar surface area (TPSA) is 65.2 Å². The first-order chi connectivity index (χ1) is 11.1. The number of hydrogen-bond acceptors (Lipinski definition) is 5. The lowest BCUT2D eigenvalue weighted by molar-refractivity contribution is -0.150. The summed E-state index contributed by atoms with van der Waals surface area (Å²) in [5.41, 5.74) is 0.758. The van der Waals surface area contributed by atoms with Gasteiger partial charge >= 0.3 is 5.97 Å². The van der Waals surface area contributed by atoms with Gasteiger partial charge < -0.3 is 9.26 Å². The maximum absolute atomic E-state index is 13.1. The fourth-order valence-corrected chi connectivity index (χ4v) is 2.16. The van der Waals surface area contributed by atoms with Crippen LogP contribution >= 0.6 is 0 Å². The van der Waals surface area contributed by atoms with Crippen molar-refractivity contribution < 1.29 is 18.4 Å². The van der Waals surface area contributed by atoms with Crippen LogP contribution < -0.4 is 0 Å². The van der Waals surface area contributed by atoms with E-state index in [-0.39, 0.29) is 24.3 Å². The maximum Gasteiger partial charge on any atom is 0.309 e. The molecule has 2 aromatic rings. The first-order valence-electron chi connectivity index (χ1n) is 7.81. The lowest BCUT2D eigenvalue weighted by Gasteiger charge is -2.10. The molecule has 23 heavy (non-hydrogen) atoms. The second-order valence-corrected chi connectivity index (χ2v) is 5.55. The summed E-state index contributed by atoms with van der Waals surface area (Å²) in [5.74, 6) is -0.136. The molecule has 0 spiro atoms. The average Bonchev–Trinajstić information content (AvgIpc) is 2.98. The van der Waals surface area contributed by atoms with Crippen molar-refractivity contribution in [1.82, 2.24) is 10.1 Å². The molecule has 2 rings (SSSR count). The molecule has 5 nitrogen and oxygen atoms in total. The predicted molar refractivity (Wildman–Crippen MR) is 82.0 cm³/mol. The van der Waals surface area contributed by atoms with Crippen LogP contribution in [-0.2, 0) is 29.0 Å². The number of rotatable bonds is 8. The molecule has 0 bridgehead atoms. The van der Waals surface area contributed by atoms with Gasteiger partial charge in [0.1, 0.15) is 5.82 Å². The van der Waals surface area contributed by atoms with Gasteiger partial charge in [0.2, 0.25) is 0 Å². The minimum Gasteiger partial charge on any atom is -0.455 e. The van der Waals surface area contributed by atoms with E-state index >= 15 is 0 Å². The monoisotopic (exact) mass is 320 g/mol. The van der Waals surface area contributed by atoms with Crippen LogP contribution in [0.5, 0.6) is 0 Å². The van der Waals surface area contributed by atoms with Crippen LogP contribution in [0.25, 0.3) is 0 Å². The minimum absolute atomic E-state index is 0.0363. The van der Waals surface area contributed by atoms with E-state index in [1.165, 1.54) is 12.1 Å². The van der Waals surface area contributed by atoms with E-state index in [4.69, 9.17) is 9.26 Å². The van der Waals surface area contributed by atoms with Crippen molar-refractivity contribution in [2.45, 2.75) is 46.1 Å². The summed E-state index contributed by atoms with van der Waals surface area (Å²) in [4.78, 5) is 16.1. The molecule has 0 amide bonds. The van der Waals surface area contributed by atoms with Crippen molar-refractivity contribution in [3.63, 3.8) is 0 Å². The highest BCUT2D eigenvalue weighted by molar-refractivity contribution is 5.72. The van der Waals surface area contributed by atoms with Crippen molar-refractivity contribution in [3.05, 3.63) is 47.4 Å². The smallest absolute Gasteiger partial charge is 0.309 e. The van der Waals surface area contributed by atoms with Crippen LogP contribution in [0.1, 0.15) is 44.0 Å². The van der Waals surface area contributed by atoms with Gasteiger partial charge in [-0.2, -0.15) is 4.98 Å². The third kappa shape index (κ3) is 5.47. The predicted octanol–water partition coefficient (Wildman–Crippen LogP) is 3.47. The minimum atomic E-state index is -0.376. The van der Waals surface area contributed by atoms with E-state index < -0.39 is 0 Å². The zero-order valence-corrected chi connectivity index (χ0v) is 13.4. The summed E-state index contributed by atoms with van der Waals surface area (Å²) < 4.78 is 23.4. The normalized spacial score (nSPS) is 12.1. The number of carbonyl (C=O) groups is 1. The Bertz CT molecular complexity index is 642. The Labute approximate surface area is 134 Å². The van der Waals surface area contributed by atoms with E-state index in [0.29, 0.717) is 18.1 Å². The summed E-state index contributed by atoms with van der Waals surface area (Å²) in [7, 11) is 0. The molecule has 1 unspecified atom stereocenters. The second kappa shape index (κ2) is 8.41. The average molecular weight is 320 g/mol. The van der Waals surface area contributed by atoms with Gasteiger partial charge in [0.25, 0.3) is 5.89 Å². The van der Waals surface area contributed by atoms with Crippen molar-refractivity contribution >= 4 is 5.97 Å². The molecule has 6 heteroatoms. The Morgan fingerprint density at radius 2 is 2.26 bits per heavy atom. The largest absolute Gasteiger partial charge is 0.455 e. The number of halogens is 1. The number of aromatic nitrogens is 2. The molecule has 1 aromatic heterocycles. The van der Waals surface area contributed by atoms with Crippen LogP contribution in [0.15, 0.2) is 28.8 Å². The number of aryl methyl sites for hydroxylation is 1. The Morgan fingerprint density at radius 3 is 3.00 bits per heavy atom. The molecule has 1 heterocycles. The highest BCUT2D eigenvalue weighted by Crippen LogP contribution is 2.12. The van der Waals surface area contributed by atoms with Gasteiger partial charge in [-0.25, -0.2) is 4.39 Å². The van der Waals surface area contributed by atoms with Gasteiger partial charge in [-0.1, -0.05) is 37.6 Å². The van der Waals surface area contributed by atoms with Crippen LogP contribution in [0.2, 0.25) is 0 Å². The Kier molecular flexibility index (Phi) is 6.26. The first-order valence-corrected chi connectivity index (χ1v) is 7.81.